The molecule has 0 aliphatic carbocycles. The molecule has 2 aliphatic rings. The summed E-state index contributed by atoms with van der Waals surface area (Å²) in [6.07, 6.45) is -2.30. The van der Waals surface area contributed by atoms with Crippen LogP contribution in [0.3, 0.4) is 0 Å². The summed E-state index contributed by atoms with van der Waals surface area (Å²) in [5.41, 5.74) is 1.14. The average molecular weight is 441 g/mol. The van der Waals surface area contributed by atoms with Crippen LogP contribution in [0.1, 0.15) is 29.7 Å². The third kappa shape index (κ3) is 3.72. The molecule has 1 N–H and O–H groups in total. The maximum atomic E-state index is 13.9. The lowest BCUT2D eigenvalue weighted by Crippen LogP contribution is -2.43. The molecule has 2 fully saturated rings. The number of hydrogen-bond donors (Lipinski definition) is 1. The van der Waals surface area contributed by atoms with Gasteiger partial charge in [0.25, 0.3) is 0 Å². The summed E-state index contributed by atoms with van der Waals surface area (Å²) in [7, 11) is 1.66. The molecule has 2 bridgehead atoms. The summed E-state index contributed by atoms with van der Waals surface area (Å²) in [6, 6.07) is 8.93. The van der Waals surface area contributed by atoms with Crippen molar-refractivity contribution in [1.82, 2.24) is 30.2 Å². The Morgan fingerprint density at radius 2 is 2.12 bits per heavy atom. The van der Waals surface area contributed by atoms with Gasteiger partial charge in [0.15, 0.2) is 5.69 Å². The molecule has 0 radical (unpaired) electrons. The summed E-state index contributed by atoms with van der Waals surface area (Å²) in [5.74, 6) is 0. The van der Waals surface area contributed by atoms with Gasteiger partial charge in [0.05, 0.1) is 16.8 Å². The van der Waals surface area contributed by atoms with E-state index in [0.29, 0.717) is 41.5 Å². The van der Waals surface area contributed by atoms with E-state index >= 15 is 0 Å². The van der Waals surface area contributed by atoms with Crippen molar-refractivity contribution in [3.8, 4) is 17.3 Å². The Balaban J connectivity index is 1.42. The van der Waals surface area contributed by atoms with Crippen LogP contribution in [0.25, 0.3) is 22.3 Å². The number of nitrogens with one attached hydrogen (secondary N) is 1. The molecule has 0 saturated carbocycles. The Labute approximate surface area is 182 Å². The number of halogens is 3. The van der Waals surface area contributed by atoms with Crippen LogP contribution in [-0.2, 0) is 19.6 Å². The number of aromatic nitrogens is 4. The largest absolute Gasteiger partial charge is 0.416 e. The van der Waals surface area contributed by atoms with E-state index in [1.54, 1.807) is 19.2 Å². The van der Waals surface area contributed by atoms with Crippen LogP contribution in [0.2, 0.25) is 0 Å². The highest BCUT2D eigenvalue weighted by molar-refractivity contribution is 5.83. The third-order valence-electron chi connectivity index (χ3n) is 6.48. The molecule has 0 amide bonds. The maximum Gasteiger partial charge on any atom is 0.416 e. The van der Waals surface area contributed by atoms with E-state index in [2.05, 4.69) is 25.5 Å². The number of benzene rings is 1. The van der Waals surface area contributed by atoms with E-state index < -0.39 is 11.7 Å². The van der Waals surface area contributed by atoms with Crippen LogP contribution in [0.4, 0.5) is 13.2 Å². The molecule has 2 aromatic heterocycles. The van der Waals surface area contributed by atoms with E-state index in [4.69, 9.17) is 0 Å². The molecule has 2 aliphatic heterocycles. The molecule has 32 heavy (non-hydrogen) atoms. The molecule has 2 atom stereocenters. The van der Waals surface area contributed by atoms with Gasteiger partial charge in [-0.15, -0.1) is 5.10 Å². The zero-order valence-electron chi connectivity index (χ0n) is 17.5. The Kier molecular flexibility index (Phi) is 5.10. The van der Waals surface area contributed by atoms with Crippen LogP contribution < -0.4 is 5.32 Å². The molecular formula is C22H22F3N7. The highest BCUT2D eigenvalue weighted by atomic mass is 19.4. The first-order chi connectivity index (χ1) is 15.3. The zero-order chi connectivity index (χ0) is 22.5. The van der Waals surface area contributed by atoms with Crippen molar-refractivity contribution < 1.29 is 13.2 Å². The van der Waals surface area contributed by atoms with E-state index in [9.17, 15) is 18.4 Å². The molecule has 2 saturated heterocycles. The van der Waals surface area contributed by atoms with Gasteiger partial charge in [-0.2, -0.15) is 18.4 Å². The molecule has 7 nitrogen and oxygen atoms in total. The maximum absolute atomic E-state index is 13.9. The van der Waals surface area contributed by atoms with Crippen molar-refractivity contribution in [2.24, 2.45) is 7.05 Å². The monoisotopic (exact) mass is 441 g/mol. The SMILES string of the molecule is Cn1nnc2c(C#N)nc(-c3ccc(CCCN4CC5CC4CN5)c(C(F)(F)F)c3)cc21. The van der Waals surface area contributed by atoms with Crippen molar-refractivity contribution in [2.75, 3.05) is 19.6 Å². The van der Waals surface area contributed by atoms with Gasteiger partial charge in [0, 0.05) is 37.8 Å². The number of nitriles is 1. The second kappa shape index (κ2) is 7.83. The van der Waals surface area contributed by atoms with Gasteiger partial charge in [-0.25, -0.2) is 9.67 Å². The summed E-state index contributed by atoms with van der Waals surface area (Å²) >= 11 is 0. The van der Waals surface area contributed by atoms with E-state index in [0.717, 1.165) is 32.1 Å². The predicted octanol–water partition coefficient (Wildman–Crippen LogP) is 2.90. The van der Waals surface area contributed by atoms with Gasteiger partial charge >= 0.3 is 6.18 Å². The van der Waals surface area contributed by atoms with Gasteiger partial charge in [-0.05, 0) is 43.5 Å². The van der Waals surface area contributed by atoms with Crippen molar-refractivity contribution in [3.05, 3.63) is 41.1 Å². The highest BCUT2D eigenvalue weighted by Gasteiger charge is 2.37. The van der Waals surface area contributed by atoms with Crippen LogP contribution in [-0.4, -0.2) is 56.6 Å². The Morgan fingerprint density at radius 1 is 1.28 bits per heavy atom. The van der Waals surface area contributed by atoms with Crippen molar-refractivity contribution in [3.63, 3.8) is 0 Å². The molecule has 3 aromatic rings. The number of rotatable bonds is 5. The molecule has 10 heteroatoms. The van der Waals surface area contributed by atoms with Crippen LogP contribution in [0.5, 0.6) is 0 Å². The fourth-order valence-corrected chi connectivity index (χ4v) is 4.87. The van der Waals surface area contributed by atoms with Gasteiger partial charge in [0.1, 0.15) is 11.6 Å². The first-order valence-electron chi connectivity index (χ1n) is 10.6. The average Bonchev–Trinajstić information content (AvgIpc) is 3.49. The Bertz CT molecular complexity index is 1210. The summed E-state index contributed by atoms with van der Waals surface area (Å²) in [6.45, 7) is 2.76. The van der Waals surface area contributed by atoms with Crippen molar-refractivity contribution in [1.29, 1.82) is 5.26 Å². The fraction of sp³-hybridized carbons (Fsp3) is 0.455. The second-order valence-corrected chi connectivity index (χ2v) is 8.51. The predicted molar refractivity (Wildman–Crippen MR) is 112 cm³/mol. The normalized spacial score (nSPS) is 20.8. The summed E-state index contributed by atoms with van der Waals surface area (Å²) < 4.78 is 43.1. The molecule has 5 rings (SSSR count). The highest BCUT2D eigenvalue weighted by Crippen LogP contribution is 2.36. The Hall–Kier alpha value is -3.03. The lowest BCUT2D eigenvalue weighted by molar-refractivity contribution is -0.138. The van der Waals surface area contributed by atoms with Gasteiger partial charge in [-0.1, -0.05) is 17.3 Å². The minimum absolute atomic E-state index is 0.0395. The van der Waals surface area contributed by atoms with Crippen LogP contribution in [0, 0.1) is 11.3 Å². The third-order valence-corrected chi connectivity index (χ3v) is 6.48. The van der Waals surface area contributed by atoms with Gasteiger partial charge in [-0.3, -0.25) is 4.90 Å². The number of hydrogen-bond acceptors (Lipinski definition) is 6. The minimum atomic E-state index is -4.47. The smallest absolute Gasteiger partial charge is 0.311 e. The van der Waals surface area contributed by atoms with Gasteiger partial charge in [0.2, 0.25) is 0 Å². The molecule has 166 valence electrons. The topological polar surface area (TPSA) is 82.7 Å². The number of pyridine rings is 1. The molecular weight excluding hydrogens is 419 g/mol. The van der Waals surface area contributed by atoms with Crippen molar-refractivity contribution in [2.45, 2.75) is 37.5 Å². The van der Waals surface area contributed by atoms with Crippen LogP contribution in [0.15, 0.2) is 24.3 Å². The first kappa shape index (κ1) is 20.8. The van der Waals surface area contributed by atoms with Crippen molar-refractivity contribution >= 4 is 11.0 Å². The molecule has 4 heterocycles. The van der Waals surface area contributed by atoms with E-state index in [1.807, 2.05) is 6.07 Å². The van der Waals surface area contributed by atoms with E-state index in [-0.39, 0.29) is 17.0 Å². The molecule has 1 aromatic carbocycles. The number of fused-ring (bicyclic) bond motifs is 3. The standard InChI is InChI=1S/C22H22F3N7/c1-31-20-9-18(28-19(10-26)21(20)29-30-31)14-5-4-13(17(7-14)22(23,24)25)3-2-6-32-12-15-8-16(32)11-27-15/h4-5,7,9,15-16,27H,2-3,6,8,11-12H2,1H3. The lowest BCUT2D eigenvalue weighted by atomic mass is 9.97. The lowest BCUT2D eigenvalue weighted by Gasteiger charge is -2.27. The van der Waals surface area contributed by atoms with Crippen LogP contribution >= 0.6 is 0 Å². The fourth-order valence-electron chi connectivity index (χ4n) is 4.87. The first-order valence-corrected chi connectivity index (χ1v) is 10.6. The molecule has 0 spiro atoms. The Morgan fingerprint density at radius 3 is 2.81 bits per heavy atom. The summed E-state index contributed by atoms with van der Waals surface area (Å²) in [4.78, 5) is 6.62. The number of piperazine rings is 1. The van der Waals surface area contributed by atoms with Gasteiger partial charge < -0.3 is 5.32 Å². The quantitative estimate of drug-likeness (QED) is 0.656. The second-order valence-electron chi connectivity index (χ2n) is 8.51. The number of nitrogens with zero attached hydrogens (tertiary/aromatic N) is 6. The molecule has 2 unspecified atom stereocenters. The summed E-state index contributed by atoms with van der Waals surface area (Å²) in [5, 5.41) is 20.6. The number of aryl methyl sites for hydroxylation is 2. The number of likely N-dealkylation sites (tertiary alicyclic amines) is 1. The van der Waals surface area contributed by atoms with E-state index in [1.165, 1.54) is 10.7 Å². The zero-order valence-corrected chi connectivity index (χ0v) is 17.5. The minimum Gasteiger partial charge on any atom is -0.311 e. The number of alkyl halides is 3.